The molecule has 7 N–H and O–H groups in total. The summed E-state index contributed by atoms with van der Waals surface area (Å²) in [6.07, 6.45) is 0. The van der Waals surface area contributed by atoms with E-state index in [1.165, 1.54) is 0 Å². The molecule has 0 aromatic heterocycles. The number of hydrogen-bond donors (Lipinski definition) is 4. The molecule has 8 nitrogen and oxygen atoms in total. The van der Waals surface area contributed by atoms with E-state index < -0.39 is 22.0 Å². The molecule has 0 saturated carbocycles. The Bertz CT molecular complexity index is 590. The molecule has 0 spiro atoms. The van der Waals surface area contributed by atoms with Crippen LogP contribution in [0.4, 0.5) is 5.69 Å². The Hall–Kier alpha value is -2.29. The third kappa shape index (κ3) is 2.84. The van der Waals surface area contributed by atoms with Gasteiger partial charge in [0.05, 0.1) is 11.3 Å². The number of benzene rings is 1. The van der Waals surface area contributed by atoms with Crippen molar-refractivity contribution in [2.45, 2.75) is 4.90 Å². The highest BCUT2D eigenvalue weighted by Gasteiger charge is 2.18. The van der Waals surface area contributed by atoms with Gasteiger partial charge in [0.25, 0.3) is 10.0 Å². The lowest BCUT2D eigenvalue weighted by molar-refractivity contribution is 0.0697. The lowest BCUT2D eigenvalue weighted by atomic mass is 10.2. The Labute approximate surface area is 96.8 Å². The van der Waals surface area contributed by atoms with E-state index in [9.17, 15) is 13.2 Å². The van der Waals surface area contributed by atoms with Gasteiger partial charge >= 0.3 is 5.97 Å². The molecule has 0 amide bonds. The first kappa shape index (κ1) is 12.8. The summed E-state index contributed by atoms with van der Waals surface area (Å²) in [6, 6.07) is 3.13. The van der Waals surface area contributed by atoms with Crippen molar-refractivity contribution in [3.63, 3.8) is 0 Å². The van der Waals surface area contributed by atoms with Gasteiger partial charge in [-0.15, -0.1) is 4.40 Å². The summed E-state index contributed by atoms with van der Waals surface area (Å²) in [5, 5.41) is 8.68. The van der Waals surface area contributed by atoms with Gasteiger partial charge in [0.1, 0.15) is 4.90 Å². The second kappa shape index (κ2) is 4.29. The first-order valence-electron chi connectivity index (χ1n) is 4.23. The first-order valence-corrected chi connectivity index (χ1v) is 5.67. The molecule has 0 atom stereocenters. The number of carboxylic acids is 1. The van der Waals surface area contributed by atoms with Gasteiger partial charge in [-0.2, -0.15) is 8.42 Å². The standard InChI is InChI=1S/C8H10N4O4S/c9-5-3-4(7(13)14)1-2-6(5)17(15,16)12-8(10)11/h1-3H,9H2,(H,13,14)(H4,10,11,12). The minimum atomic E-state index is -4.11. The van der Waals surface area contributed by atoms with E-state index in [0.29, 0.717) is 0 Å². The van der Waals surface area contributed by atoms with E-state index in [0.717, 1.165) is 18.2 Å². The minimum absolute atomic E-state index is 0.133. The molecule has 0 saturated heterocycles. The van der Waals surface area contributed by atoms with Crippen molar-refractivity contribution in [1.82, 2.24) is 0 Å². The second-order valence-corrected chi connectivity index (χ2v) is 4.62. The van der Waals surface area contributed by atoms with E-state index in [-0.39, 0.29) is 16.1 Å². The fraction of sp³-hybridized carbons (Fsp3) is 0. The summed E-state index contributed by atoms with van der Waals surface area (Å²) in [7, 11) is -4.11. The summed E-state index contributed by atoms with van der Waals surface area (Å²) < 4.78 is 26.2. The SMILES string of the molecule is NC(N)=NS(=O)(=O)c1ccc(C(=O)O)cc1N. The van der Waals surface area contributed by atoms with Crippen LogP contribution in [-0.4, -0.2) is 25.5 Å². The van der Waals surface area contributed by atoms with Gasteiger partial charge in [-0.1, -0.05) is 0 Å². The molecule has 9 heteroatoms. The third-order valence-corrected chi connectivity index (χ3v) is 3.14. The van der Waals surface area contributed by atoms with Crippen LogP contribution >= 0.6 is 0 Å². The smallest absolute Gasteiger partial charge is 0.335 e. The molecule has 0 aliphatic rings. The van der Waals surface area contributed by atoms with Gasteiger partial charge in [-0.3, -0.25) is 0 Å². The molecular weight excluding hydrogens is 248 g/mol. The second-order valence-electron chi connectivity index (χ2n) is 3.05. The number of carbonyl (C=O) groups is 1. The van der Waals surface area contributed by atoms with Crippen LogP contribution in [0.2, 0.25) is 0 Å². The maximum atomic E-state index is 11.6. The molecule has 0 aliphatic carbocycles. The van der Waals surface area contributed by atoms with Crippen LogP contribution in [0.5, 0.6) is 0 Å². The maximum Gasteiger partial charge on any atom is 0.335 e. The fourth-order valence-electron chi connectivity index (χ4n) is 1.10. The summed E-state index contributed by atoms with van der Waals surface area (Å²) in [5.41, 5.74) is 15.0. The molecule has 1 aromatic carbocycles. The van der Waals surface area contributed by atoms with Crippen LogP contribution in [0.1, 0.15) is 10.4 Å². The number of aromatic carboxylic acids is 1. The predicted octanol–water partition coefficient (Wildman–Crippen LogP) is -1.07. The van der Waals surface area contributed by atoms with E-state index in [1.54, 1.807) is 0 Å². The number of sulfonamides is 1. The Balaban J connectivity index is 3.36. The van der Waals surface area contributed by atoms with E-state index >= 15 is 0 Å². The lowest BCUT2D eigenvalue weighted by Crippen LogP contribution is -2.24. The molecule has 17 heavy (non-hydrogen) atoms. The number of anilines is 1. The van der Waals surface area contributed by atoms with Crippen LogP contribution in [0, 0.1) is 0 Å². The van der Waals surface area contributed by atoms with Gasteiger partial charge in [0.15, 0.2) is 0 Å². The van der Waals surface area contributed by atoms with Gasteiger partial charge < -0.3 is 22.3 Å². The molecule has 0 bridgehead atoms. The molecule has 0 unspecified atom stereocenters. The first-order chi connectivity index (χ1) is 7.74. The van der Waals surface area contributed by atoms with Gasteiger partial charge in [0.2, 0.25) is 5.96 Å². The number of nitrogens with two attached hydrogens (primary N) is 3. The molecule has 0 heterocycles. The zero-order valence-electron chi connectivity index (χ0n) is 8.49. The number of rotatable bonds is 3. The normalized spacial score (nSPS) is 10.8. The van der Waals surface area contributed by atoms with Crippen molar-refractivity contribution < 1.29 is 18.3 Å². The highest BCUT2D eigenvalue weighted by atomic mass is 32.2. The zero-order chi connectivity index (χ0) is 13.2. The van der Waals surface area contributed by atoms with Crippen LogP contribution in [0.15, 0.2) is 27.5 Å². The lowest BCUT2D eigenvalue weighted by Gasteiger charge is -2.04. The molecule has 1 aromatic rings. The van der Waals surface area contributed by atoms with Crippen molar-refractivity contribution in [3.05, 3.63) is 23.8 Å². The molecule has 0 fully saturated rings. The summed E-state index contributed by atoms with van der Waals surface area (Å²) >= 11 is 0. The maximum absolute atomic E-state index is 11.6. The number of carboxylic acid groups (broad SMARTS) is 1. The monoisotopic (exact) mass is 258 g/mol. The van der Waals surface area contributed by atoms with Crippen LogP contribution in [-0.2, 0) is 10.0 Å². The third-order valence-electron chi connectivity index (χ3n) is 1.76. The molecule has 0 aliphatic heterocycles. The number of guanidine groups is 1. The summed E-state index contributed by atoms with van der Waals surface area (Å²) in [4.78, 5) is 10.3. The molecule has 0 radical (unpaired) electrons. The fourth-order valence-corrected chi connectivity index (χ4v) is 2.08. The van der Waals surface area contributed by atoms with Gasteiger partial charge in [0, 0.05) is 0 Å². The molecular formula is C8H10N4O4S. The average Bonchev–Trinajstić information content (AvgIpc) is 2.14. The largest absolute Gasteiger partial charge is 0.478 e. The van der Waals surface area contributed by atoms with Crippen molar-refractivity contribution >= 4 is 27.6 Å². The van der Waals surface area contributed by atoms with Crippen LogP contribution < -0.4 is 17.2 Å². The summed E-state index contributed by atoms with van der Waals surface area (Å²) in [6.45, 7) is 0. The van der Waals surface area contributed by atoms with Crippen LogP contribution in [0.3, 0.4) is 0 Å². The minimum Gasteiger partial charge on any atom is -0.478 e. The highest BCUT2D eigenvalue weighted by Crippen LogP contribution is 2.21. The topological polar surface area (TPSA) is 162 Å². The van der Waals surface area contributed by atoms with Crippen molar-refractivity contribution in [3.8, 4) is 0 Å². The Morgan fingerprint density at radius 2 is 1.88 bits per heavy atom. The summed E-state index contributed by atoms with van der Waals surface area (Å²) in [5.74, 6) is -1.85. The average molecular weight is 258 g/mol. The van der Waals surface area contributed by atoms with E-state index in [2.05, 4.69) is 4.40 Å². The highest BCUT2D eigenvalue weighted by molar-refractivity contribution is 7.90. The van der Waals surface area contributed by atoms with Crippen molar-refractivity contribution in [2.75, 3.05) is 5.73 Å². The molecule has 1 rings (SSSR count). The van der Waals surface area contributed by atoms with Gasteiger partial charge in [-0.05, 0) is 18.2 Å². The number of hydrogen-bond acceptors (Lipinski definition) is 4. The number of nitrogen functional groups attached to an aromatic ring is 1. The van der Waals surface area contributed by atoms with Crippen molar-refractivity contribution in [2.24, 2.45) is 15.9 Å². The van der Waals surface area contributed by atoms with Crippen LogP contribution in [0.25, 0.3) is 0 Å². The van der Waals surface area contributed by atoms with Crippen molar-refractivity contribution in [1.29, 1.82) is 0 Å². The zero-order valence-corrected chi connectivity index (χ0v) is 9.31. The Kier molecular flexibility index (Phi) is 3.23. The predicted molar refractivity (Wildman–Crippen MR) is 60.8 cm³/mol. The Morgan fingerprint density at radius 3 is 2.29 bits per heavy atom. The Morgan fingerprint density at radius 1 is 1.29 bits per heavy atom. The molecule has 92 valence electrons. The quantitative estimate of drug-likeness (QED) is 0.304. The van der Waals surface area contributed by atoms with Gasteiger partial charge in [-0.25, -0.2) is 4.79 Å². The van der Waals surface area contributed by atoms with E-state index in [1.807, 2.05) is 0 Å². The van der Waals surface area contributed by atoms with E-state index in [4.69, 9.17) is 22.3 Å². The number of nitrogens with zero attached hydrogens (tertiary/aromatic N) is 1.